The first-order valence-electron chi connectivity index (χ1n) is 8.58. The molecule has 0 amide bonds. The van der Waals surface area contributed by atoms with E-state index >= 15 is 0 Å². The highest BCUT2D eigenvalue weighted by Gasteiger charge is 2.13. The summed E-state index contributed by atoms with van der Waals surface area (Å²) < 4.78 is 1.87. The van der Waals surface area contributed by atoms with Gasteiger partial charge >= 0.3 is 0 Å². The summed E-state index contributed by atoms with van der Waals surface area (Å²) in [7, 11) is 0. The zero-order valence-electron chi connectivity index (χ0n) is 14.8. The van der Waals surface area contributed by atoms with E-state index in [2.05, 4.69) is 62.8 Å². The van der Waals surface area contributed by atoms with E-state index in [1.54, 1.807) is 17.5 Å². The van der Waals surface area contributed by atoms with Crippen molar-refractivity contribution >= 4 is 39.1 Å². The molecule has 0 fully saturated rings. The summed E-state index contributed by atoms with van der Waals surface area (Å²) in [6.07, 6.45) is 1.70. The fraction of sp³-hybridized carbons (Fsp3) is 0.100. The van der Waals surface area contributed by atoms with Crippen LogP contribution in [0, 0.1) is 13.8 Å². The highest BCUT2D eigenvalue weighted by atomic mass is 32.1. The number of hydrogen-bond acceptors (Lipinski definition) is 6. The first-order chi connectivity index (χ1) is 13.2. The molecule has 0 bridgehead atoms. The van der Waals surface area contributed by atoms with Crippen molar-refractivity contribution in [2.45, 2.75) is 13.8 Å². The van der Waals surface area contributed by atoms with Crippen molar-refractivity contribution in [3.8, 4) is 11.3 Å². The number of aromatic nitrogens is 5. The molecule has 6 nitrogen and oxygen atoms in total. The second-order valence-corrected chi connectivity index (χ2v) is 7.27. The topological polar surface area (TPSA) is 68.0 Å². The van der Waals surface area contributed by atoms with Gasteiger partial charge < -0.3 is 5.32 Å². The molecule has 5 aromatic rings. The average Bonchev–Trinajstić information content (AvgIpc) is 3.22. The molecule has 0 atom stereocenters. The van der Waals surface area contributed by atoms with Crippen LogP contribution in [-0.4, -0.2) is 24.6 Å². The molecule has 0 aliphatic heterocycles. The van der Waals surface area contributed by atoms with E-state index in [0.717, 1.165) is 27.3 Å². The number of rotatable bonds is 3. The molecule has 27 heavy (non-hydrogen) atoms. The molecule has 132 valence electrons. The third-order valence-corrected chi connectivity index (χ3v) is 5.24. The number of fused-ring (bicyclic) bond motifs is 2. The SMILES string of the molecule is Cc1ccc(-c2csc3nc(Nc4cnc5ccccc5n4)nn23)c(C)c1. The summed E-state index contributed by atoms with van der Waals surface area (Å²) in [5.41, 5.74) is 6.36. The van der Waals surface area contributed by atoms with Gasteiger partial charge in [0.15, 0.2) is 5.82 Å². The van der Waals surface area contributed by atoms with Gasteiger partial charge in [-0.2, -0.15) is 4.98 Å². The van der Waals surface area contributed by atoms with Crippen LogP contribution in [0.1, 0.15) is 11.1 Å². The third-order valence-electron chi connectivity index (χ3n) is 4.43. The number of hydrogen-bond donors (Lipinski definition) is 1. The minimum absolute atomic E-state index is 0.512. The molecule has 3 aromatic heterocycles. The molecule has 0 saturated heterocycles. The second kappa shape index (κ2) is 6.14. The lowest BCUT2D eigenvalue weighted by Crippen LogP contribution is -1.98. The van der Waals surface area contributed by atoms with Crippen molar-refractivity contribution in [2.24, 2.45) is 0 Å². The molecular weight excluding hydrogens is 356 g/mol. The molecular formula is C20H16N6S. The predicted molar refractivity (Wildman–Crippen MR) is 109 cm³/mol. The predicted octanol–water partition coefficient (Wildman–Crippen LogP) is 4.76. The van der Waals surface area contributed by atoms with Crippen LogP contribution >= 0.6 is 11.3 Å². The van der Waals surface area contributed by atoms with Gasteiger partial charge in [-0.05, 0) is 31.5 Å². The Morgan fingerprint density at radius 3 is 2.70 bits per heavy atom. The maximum Gasteiger partial charge on any atom is 0.249 e. The third kappa shape index (κ3) is 2.82. The molecule has 1 N–H and O–H groups in total. The Labute approximate surface area is 159 Å². The van der Waals surface area contributed by atoms with Crippen LogP contribution in [0.2, 0.25) is 0 Å². The molecule has 0 aliphatic rings. The Balaban J connectivity index is 1.52. The zero-order chi connectivity index (χ0) is 18.4. The maximum absolute atomic E-state index is 4.63. The Bertz CT molecular complexity index is 1290. The van der Waals surface area contributed by atoms with Crippen LogP contribution in [0.25, 0.3) is 27.3 Å². The van der Waals surface area contributed by atoms with Gasteiger partial charge in [0, 0.05) is 10.9 Å². The lowest BCUT2D eigenvalue weighted by atomic mass is 10.0. The standard InChI is InChI=1S/C20H16N6S/c1-12-7-8-14(13(2)9-12)17-11-27-20-24-19(25-26(17)20)23-18-10-21-15-5-3-4-6-16(15)22-18/h3-11H,1-2H3,(H,22,23,25). The van der Waals surface area contributed by atoms with Crippen LogP contribution in [0.5, 0.6) is 0 Å². The minimum atomic E-state index is 0.512. The van der Waals surface area contributed by atoms with Crippen molar-refractivity contribution in [1.29, 1.82) is 0 Å². The fourth-order valence-corrected chi connectivity index (χ4v) is 3.97. The lowest BCUT2D eigenvalue weighted by molar-refractivity contribution is 0.985. The van der Waals surface area contributed by atoms with Crippen LogP contribution < -0.4 is 5.32 Å². The van der Waals surface area contributed by atoms with Gasteiger partial charge in [-0.3, -0.25) is 4.98 Å². The van der Waals surface area contributed by atoms with E-state index in [1.807, 2.05) is 28.8 Å². The van der Waals surface area contributed by atoms with Gasteiger partial charge in [0.05, 0.1) is 22.9 Å². The number of nitrogens with zero attached hydrogens (tertiary/aromatic N) is 5. The molecule has 5 rings (SSSR count). The second-order valence-electron chi connectivity index (χ2n) is 6.44. The van der Waals surface area contributed by atoms with Crippen molar-refractivity contribution in [2.75, 3.05) is 5.32 Å². The number of thiazole rings is 1. The van der Waals surface area contributed by atoms with Crippen molar-refractivity contribution in [1.82, 2.24) is 24.6 Å². The Morgan fingerprint density at radius 1 is 1.00 bits per heavy atom. The van der Waals surface area contributed by atoms with E-state index in [9.17, 15) is 0 Å². The van der Waals surface area contributed by atoms with Gasteiger partial charge in [-0.25, -0.2) is 9.50 Å². The fourth-order valence-electron chi connectivity index (χ4n) is 3.15. The minimum Gasteiger partial charge on any atom is -0.306 e. The largest absolute Gasteiger partial charge is 0.306 e. The molecule has 2 aromatic carbocycles. The van der Waals surface area contributed by atoms with Crippen LogP contribution in [0.3, 0.4) is 0 Å². The first kappa shape index (κ1) is 15.9. The van der Waals surface area contributed by atoms with E-state index < -0.39 is 0 Å². The number of anilines is 2. The first-order valence-corrected chi connectivity index (χ1v) is 9.46. The normalized spacial score (nSPS) is 11.3. The van der Waals surface area contributed by atoms with Crippen molar-refractivity contribution in [3.63, 3.8) is 0 Å². The number of aryl methyl sites for hydroxylation is 2. The van der Waals surface area contributed by atoms with E-state index in [-0.39, 0.29) is 0 Å². The summed E-state index contributed by atoms with van der Waals surface area (Å²) in [4.78, 5) is 14.4. The van der Waals surface area contributed by atoms with Gasteiger partial charge in [0.25, 0.3) is 0 Å². The lowest BCUT2D eigenvalue weighted by Gasteiger charge is -2.05. The van der Waals surface area contributed by atoms with Crippen LogP contribution in [0.15, 0.2) is 54.0 Å². The average molecular weight is 372 g/mol. The highest BCUT2D eigenvalue weighted by molar-refractivity contribution is 7.15. The van der Waals surface area contributed by atoms with E-state index in [1.165, 1.54) is 11.1 Å². The van der Waals surface area contributed by atoms with E-state index in [4.69, 9.17) is 0 Å². The summed E-state index contributed by atoms with van der Waals surface area (Å²) >= 11 is 1.57. The maximum atomic E-state index is 4.63. The molecule has 0 aliphatic carbocycles. The van der Waals surface area contributed by atoms with Crippen molar-refractivity contribution < 1.29 is 0 Å². The summed E-state index contributed by atoms with van der Waals surface area (Å²) in [6.45, 7) is 4.22. The van der Waals surface area contributed by atoms with Gasteiger partial charge in [-0.1, -0.05) is 35.9 Å². The summed E-state index contributed by atoms with van der Waals surface area (Å²) in [6, 6.07) is 14.2. The number of nitrogens with one attached hydrogen (secondary N) is 1. The van der Waals surface area contributed by atoms with E-state index in [0.29, 0.717) is 11.8 Å². The monoisotopic (exact) mass is 372 g/mol. The molecule has 0 radical (unpaired) electrons. The van der Waals surface area contributed by atoms with Crippen molar-refractivity contribution in [3.05, 3.63) is 65.2 Å². The smallest absolute Gasteiger partial charge is 0.249 e. The van der Waals surface area contributed by atoms with Gasteiger partial charge in [0.1, 0.15) is 0 Å². The number of para-hydroxylation sites is 2. The zero-order valence-corrected chi connectivity index (χ0v) is 15.7. The Kier molecular flexibility index (Phi) is 3.61. The summed E-state index contributed by atoms with van der Waals surface area (Å²) in [5.74, 6) is 1.14. The molecule has 7 heteroatoms. The number of benzene rings is 2. The van der Waals surface area contributed by atoms with Gasteiger partial charge in [-0.15, -0.1) is 16.4 Å². The summed E-state index contributed by atoms with van der Waals surface area (Å²) in [5, 5.41) is 9.88. The molecule has 0 unspecified atom stereocenters. The van der Waals surface area contributed by atoms with Crippen LogP contribution in [0.4, 0.5) is 11.8 Å². The van der Waals surface area contributed by atoms with Crippen LogP contribution in [-0.2, 0) is 0 Å². The Hall–Kier alpha value is -3.32. The molecule has 0 saturated carbocycles. The quantitative estimate of drug-likeness (QED) is 0.494. The highest BCUT2D eigenvalue weighted by Crippen LogP contribution is 2.29. The molecule has 0 spiro atoms. The van der Waals surface area contributed by atoms with Gasteiger partial charge in [0.2, 0.25) is 10.9 Å². The Morgan fingerprint density at radius 2 is 1.85 bits per heavy atom. The molecule has 3 heterocycles.